The van der Waals surface area contributed by atoms with Gasteiger partial charge < -0.3 is 14.4 Å². The Balaban J connectivity index is 1.61. The SMILES string of the molecule is C=CCSc1n[nH]c2c3sc4nc(N5CCOCC5)c5c(c4c3nc[n+]12)CC(C)(C)OC5. The molecule has 1 saturated heterocycles. The molecule has 0 aliphatic carbocycles. The van der Waals surface area contributed by atoms with Crippen LogP contribution in [0.15, 0.2) is 24.1 Å². The first-order valence-corrected chi connectivity index (χ1v) is 12.6. The highest BCUT2D eigenvalue weighted by molar-refractivity contribution is 7.99. The van der Waals surface area contributed by atoms with Crippen LogP contribution in [0.5, 0.6) is 0 Å². The molecule has 0 spiro atoms. The van der Waals surface area contributed by atoms with Crippen LogP contribution >= 0.6 is 23.1 Å². The Hall–Kier alpha value is -2.27. The number of ether oxygens (including phenoxy) is 2. The molecule has 166 valence electrons. The number of fused-ring (bicyclic) bond motifs is 7. The lowest BCUT2D eigenvalue weighted by molar-refractivity contribution is -0.558. The van der Waals surface area contributed by atoms with E-state index in [-0.39, 0.29) is 5.60 Å². The molecule has 4 aromatic heterocycles. The van der Waals surface area contributed by atoms with Gasteiger partial charge in [0.15, 0.2) is 5.52 Å². The maximum Gasteiger partial charge on any atom is 0.306 e. The number of aromatic nitrogens is 5. The van der Waals surface area contributed by atoms with Gasteiger partial charge in [-0.2, -0.15) is 9.50 Å². The Kier molecular flexibility index (Phi) is 4.87. The van der Waals surface area contributed by atoms with Crippen LogP contribution in [0.1, 0.15) is 25.0 Å². The number of pyridine rings is 1. The number of hydrogen-bond acceptors (Lipinski definition) is 8. The van der Waals surface area contributed by atoms with Gasteiger partial charge in [0.25, 0.3) is 5.65 Å². The highest BCUT2D eigenvalue weighted by atomic mass is 32.2. The summed E-state index contributed by atoms with van der Waals surface area (Å²) in [4.78, 5) is 13.4. The van der Waals surface area contributed by atoms with E-state index in [2.05, 4.69) is 35.5 Å². The topological polar surface area (TPSA) is 80.3 Å². The van der Waals surface area contributed by atoms with Crippen LogP contribution < -0.4 is 9.30 Å². The number of thioether (sulfide) groups is 1. The van der Waals surface area contributed by atoms with Gasteiger partial charge in [-0.05, 0) is 19.4 Å². The number of nitrogens with zero attached hydrogens (tertiary/aromatic N) is 5. The zero-order valence-electron chi connectivity index (χ0n) is 18.2. The molecule has 2 aliphatic rings. The zero-order valence-corrected chi connectivity index (χ0v) is 19.8. The highest BCUT2D eigenvalue weighted by Gasteiger charge is 2.34. The van der Waals surface area contributed by atoms with Gasteiger partial charge >= 0.3 is 5.16 Å². The minimum absolute atomic E-state index is 0.223. The van der Waals surface area contributed by atoms with Gasteiger partial charge in [-0.1, -0.05) is 17.8 Å². The molecule has 0 radical (unpaired) electrons. The molecule has 32 heavy (non-hydrogen) atoms. The van der Waals surface area contributed by atoms with E-state index in [1.807, 2.05) is 16.8 Å². The monoisotopic (exact) mass is 469 g/mol. The fraction of sp³-hybridized carbons (Fsp3) is 0.455. The van der Waals surface area contributed by atoms with E-state index in [0.29, 0.717) is 6.61 Å². The van der Waals surface area contributed by atoms with Gasteiger partial charge in [0.05, 0.1) is 30.8 Å². The van der Waals surface area contributed by atoms with E-state index < -0.39 is 0 Å². The number of nitrogens with one attached hydrogen (secondary N) is 1. The molecule has 1 N–H and O–H groups in total. The molecule has 0 amide bonds. The van der Waals surface area contributed by atoms with Gasteiger partial charge in [-0.15, -0.1) is 22.9 Å². The Morgan fingerprint density at radius 2 is 2.19 bits per heavy atom. The molecular formula is C22H25N6O2S2+. The van der Waals surface area contributed by atoms with Crippen molar-refractivity contribution in [3.63, 3.8) is 0 Å². The van der Waals surface area contributed by atoms with Gasteiger partial charge in [-0.3, -0.25) is 0 Å². The lowest BCUT2D eigenvalue weighted by Crippen LogP contribution is -2.39. The number of rotatable bonds is 4. The lowest BCUT2D eigenvalue weighted by atomic mass is 9.90. The minimum atomic E-state index is -0.223. The fourth-order valence-electron chi connectivity index (χ4n) is 4.54. The number of morpholine rings is 1. The van der Waals surface area contributed by atoms with Crippen molar-refractivity contribution in [2.45, 2.75) is 37.6 Å². The minimum Gasteiger partial charge on any atom is -0.378 e. The first kappa shape index (κ1) is 20.3. The second-order valence-corrected chi connectivity index (χ2v) is 10.7. The standard InChI is InChI=1S/C22H24N6O2S2/c1-4-9-31-21-26-25-19-17-16(23-12-28(19)21)15-13-10-22(2,3)30-11-14(13)18(24-20(15)32-17)27-5-7-29-8-6-27/h4,12H,1,5-11H2,2-3H3/p+1. The van der Waals surface area contributed by atoms with Crippen LogP contribution in [-0.2, 0) is 22.5 Å². The molecule has 0 unspecified atom stereocenters. The molecule has 1 fully saturated rings. The maximum atomic E-state index is 6.23. The molecule has 6 heterocycles. The molecule has 0 aromatic carbocycles. The number of thiophene rings is 1. The van der Waals surface area contributed by atoms with Gasteiger partial charge in [0.2, 0.25) is 6.33 Å². The molecule has 0 saturated carbocycles. The predicted octanol–water partition coefficient (Wildman–Crippen LogP) is 3.27. The molecule has 4 aromatic rings. The van der Waals surface area contributed by atoms with Crippen molar-refractivity contribution in [1.29, 1.82) is 0 Å². The summed E-state index contributed by atoms with van der Waals surface area (Å²) in [5, 5.41) is 9.77. The summed E-state index contributed by atoms with van der Waals surface area (Å²) in [5.41, 5.74) is 4.23. The van der Waals surface area contributed by atoms with Crippen LogP contribution in [-0.4, -0.2) is 57.8 Å². The van der Waals surface area contributed by atoms with Crippen molar-refractivity contribution < 1.29 is 13.9 Å². The largest absolute Gasteiger partial charge is 0.378 e. The van der Waals surface area contributed by atoms with E-state index >= 15 is 0 Å². The molecule has 8 nitrogen and oxygen atoms in total. The number of hydrogen-bond donors (Lipinski definition) is 1. The zero-order chi connectivity index (χ0) is 21.9. The highest BCUT2D eigenvalue weighted by Crippen LogP contribution is 2.43. The molecule has 10 heteroatoms. The Labute approximate surface area is 193 Å². The quantitative estimate of drug-likeness (QED) is 0.279. The summed E-state index contributed by atoms with van der Waals surface area (Å²) >= 11 is 3.32. The van der Waals surface area contributed by atoms with E-state index in [1.165, 1.54) is 11.1 Å². The van der Waals surface area contributed by atoms with Crippen LogP contribution in [0.2, 0.25) is 0 Å². The normalized spacial score (nSPS) is 18.5. The smallest absolute Gasteiger partial charge is 0.306 e. The van der Waals surface area contributed by atoms with Crippen molar-refractivity contribution in [1.82, 2.24) is 20.2 Å². The van der Waals surface area contributed by atoms with Crippen LogP contribution in [0.3, 0.4) is 0 Å². The predicted molar refractivity (Wildman–Crippen MR) is 127 cm³/mol. The summed E-state index contributed by atoms with van der Waals surface area (Å²) in [6.07, 6.45) is 4.58. The van der Waals surface area contributed by atoms with E-state index in [9.17, 15) is 0 Å². The number of H-pyrrole nitrogens is 1. The summed E-state index contributed by atoms with van der Waals surface area (Å²) < 4.78 is 14.9. The maximum absolute atomic E-state index is 6.23. The summed E-state index contributed by atoms with van der Waals surface area (Å²) in [5.74, 6) is 1.83. The van der Waals surface area contributed by atoms with E-state index in [1.54, 1.807) is 23.1 Å². The van der Waals surface area contributed by atoms with Crippen LogP contribution in [0.25, 0.3) is 26.1 Å². The van der Waals surface area contributed by atoms with Gasteiger partial charge in [-0.25, -0.2) is 4.98 Å². The average molecular weight is 470 g/mol. The van der Waals surface area contributed by atoms with E-state index in [4.69, 9.17) is 19.4 Å². The van der Waals surface area contributed by atoms with Crippen molar-refractivity contribution in [2.24, 2.45) is 0 Å². The summed E-state index contributed by atoms with van der Waals surface area (Å²) in [7, 11) is 0. The third kappa shape index (κ3) is 3.20. The summed E-state index contributed by atoms with van der Waals surface area (Å²) in [6.45, 7) is 11.8. The van der Waals surface area contributed by atoms with E-state index in [0.717, 1.165) is 75.5 Å². The van der Waals surface area contributed by atoms with Crippen molar-refractivity contribution in [2.75, 3.05) is 37.0 Å². The van der Waals surface area contributed by atoms with Crippen molar-refractivity contribution in [3.8, 4) is 0 Å². The molecule has 6 rings (SSSR count). The Morgan fingerprint density at radius 1 is 1.34 bits per heavy atom. The van der Waals surface area contributed by atoms with Crippen molar-refractivity contribution in [3.05, 3.63) is 30.1 Å². The second kappa shape index (κ2) is 7.65. The number of anilines is 1. The van der Waals surface area contributed by atoms with Crippen LogP contribution in [0, 0.1) is 0 Å². The van der Waals surface area contributed by atoms with Gasteiger partial charge in [0.1, 0.15) is 15.3 Å². The molecule has 0 atom stereocenters. The molecule has 2 aliphatic heterocycles. The Bertz CT molecular complexity index is 1360. The van der Waals surface area contributed by atoms with Crippen LogP contribution in [0.4, 0.5) is 5.82 Å². The Morgan fingerprint density at radius 3 is 3.00 bits per heavy atom. The third-order valence-corrected chi connectivity index (χ3v) is 8.11. The third-order valence-electron chi connectivity index (χ3n) is 6.08. The average Bonchev–Trinajstić information content (AvgIpc) is 3.38. The number of aromatic amines is 1. The lowest BCUT2D eigenvalue weighted by Gasteiger charge is -2.36. The summed E-state index contributed by atoms with van der Waals surface area (Å²) in [6, 6.07) is 0. The fourth-order valence-corrected chi connectivity index (χ4v) is 6.34. The second-order valence-electron chi connectivity index (χ2n) is 8.75. The first-order valence-electron chi connectivity index (χ1n) is 10.8. The van der Waals surface area contributed by atoms with Gasteiger partial charge in [0, 0.05) is 35.9 Å². The van der Waals surface area contributed by atoms with Crippen molar-refractivity contribution >= 4 is 55.0 Å². The molecular weight excluding hydrogens is 444 g/mol. The molecule has 0 bridgehead atoms. The first-order chi connectivity index (χ1) is 15.6.